The maximum absolute atomic E-state index is 12.9. The predicted molar refractivity (Wildman–Crippen MR) is 123 cm³/mol. The van der Waals surface area contributed by atoms with Crippen LogP contribution in [-0.4, -0.2) is 29.3 Å². The number of pyridine rings is 1. The quantitative estimate of drug-likeness (QED) is 0.460. The minimum absolute atomic E-state index is 0.117. The minimum Gasteiger partial charge on any atom is -0.489 e. The van der Waals surface area contributed by atoms with Crippen LogP contribution >= 0.6 is 11.6 Å². The van der Waals surface area contributed by atoms with E-state index >= 15 is 0 Å². The van der Waals surface area contributed by atoms with Gasteiger partial charge in [-0.05, 0) is 37.1 Å². The molecule has 1 aliphatic carbocycles. The molecule has 0 atom stereocenters. The summed E-state index contributed by atoms with van der Waals surface area (Å²) in [6.07, 6.45) is 4.28. The number of carbonyl (C=O) groups excluding carboxylic acids is 2. The Morgan fingerprint density at radius 2 is 1.97 bits per heavy atom. The van der Waals surface area contributed by atoms with E-state index in [4.69, 9.17) is 21.6 Å². The fourth-order valence-corrected chi connectivity index (χ4v) is 5.10. The number of aromatic nitrogens is 1. The molecule has 0 aliphatic heterocycles. The van der Waals surface area contributed by atoms with E-state index in [1.54, 1.807) is 30.5 Å². The van der Waals surface area contributed by atoms with Crippen LogP contribution in [0.3, 0.4) is 0 Å². The molecule has 1 aliphatic rings. The molecule has 1 heterocycles. The molecule has 0 spiro atoms. The van der Waals surface area contributed by atoms with Gasteiger partial charge in [0, 0.05) is 41.2 Å². The molecule has 0 saturated heterocycles. The molecular weight excluding hydrogens is 426 g/mol. The molecule has 1 amide bonds. The van der Waals surface area contributed by atoms with E-state index in [1.807, 2.05) is 12.1 Å². The molecule has 6 nitrogen and oxygen atoms in total. The summed E-state index contributed by atoms with van der Waals surface area (Å²) in [5, 5.41) is 12.6. The number of halogens is 1. The van der Waals surface area contributed by atoms with Gasteiger partial charge in [-0.1, -0.05) is 39.3 Å². The fourth-order valence-electron chi connectivity index (χ4n) is 4.88. The zero-order valence-electron chi connectivity index (χ0n) is 18.8. The largest absolute Gasteiger partial charge is 0.489 e. The summed E-state index contributed by atoms with van der Waals surface area (Å²) in [4.78, 5) is 27.7. The monoisotopic (exact) mass is 453 g/mol. The number of aldehydes is 1. The standard InChI is InChI=1S/C25H28ClN3O3/c1-24(2)22(29-21(31)17-8-10-18(28-15-17)7-5-6-12-30)25(3,4)23(24)32-19-11-9-16(14-27)20(26)13-19/h8-13,15,22-23H,5-7H2,1-4H3,(H,29,31)/t22-,23-. The van der Waals surface area contributed by atoms with Gasteiger partial charge in [0.2, 0.25) is 0 Å². The summed E-state index contributed by atoms with van der Waals surface area (Å²) in [7, 11) is 0. The third-order valence-electron chi connectivity index (χ3n) is 6.27. The van der Waals surface area contributed by atoms with Crippen LogP contribution in [0, 0.1) is 22.2 Å². The Labute approximate surface area is 193 Å². The van der Waals surface area contributed by atoms with Crippen LogP contribution in [0.15, 0.2) is 36.5 Å². The first-order valence-electron chi connectivity index (χ1n) is 10.7. The fraction of sp³-hybridized carbons (Fsp3) is 0.440. The van der Waals surface area contributed by atoms with Gasteiger partial charge in [0.25, 0.3) is 5.91 Å². The molecule has 1 fully saturated rings. The van der Waals surface area contributed by atoms with Crippen molar-refractivity contribution in [3.05, 3.63) is 58.4 Å². The van der Waals surface area contributed by atoms with Crippen molar-refractivity contribution in [3.8, 4) is 11.8 Å². The average molecular weight is 454 g/mol. The van der Waals surface area contributed by atoms with Crippen molar-refractivity contribution in [2.24, 2.45) is 10.8 Å². The highest BCUT2D eigenvalue weighted by atomic mass is 35.5. The Bertz CT molecular complexity index is 1030. The zero-order valence-corrected chi connectivity index (χ0v) is 19.6. The van der Waals surface area contributed by atoms with Gasteiger partial charge < -0.3 is 14.8 Å². The van der Waals surface area contributed by atoms with Crippen molar-refractivity contribution in [3.63, 3.8) is 0 Å². The predicted octanol–water partition coefficient (Wildman–Crippen LogP) is 4.74. The van der Waals surface area contributed by atoms with E-state index in [0.717, 1.165) is 18.4 Å². The number of aryl methyl sites for hydroxylation is 1. The van der Waals surface area contributed by atoms with Crippen molar-refractivity contribution in [1.82, 2.24) is 10.3 Å². The van der Waals surface area contributed by atoms with Gasteiger partial charge in [0.15, 0.2) is 0 Å². The SMILES string of the molecule is CC1(C)[C@H](NC(=O)c2ccc(CCCC=O)nc2)C(C)(C)[C@H]1Oc1ccc(C#N)c(Cl)c1. The highest BCUT2D eigenvalue weighted by Crippen LogP contribution is 2.55. The number of carbonyl (C=O) groups is 2. The van der Waals surface area contributed by atoms with E-state index in [1.165, 1.54) is 0 Å². The second-order valence-corrected chi connectivity index (χ2v) is 9.80. The smallest absolute Gasteiger partial charge is 0.253 e. The van der Waals surface area contributed by atoms with Crippen LogP contribution < -0.4 is 10.1 Å². The second-order valence-electron chi connectivity index (χ2n) is 9.40. The number of amides is 1. The minimum atomic E-state index is -0.332. The summed E-state index contributed by atoms with van der Waals surface area (Å²) >= 11 is 6.15. The Kier molecular flexibility index (Phi) is 6.90. The lowest BCUT2D eigenvalue weighted by atomic mass is 9.49. The van der Waals surface area contributed by atoms with Crippen molar-refractivity contribution in [1.29, 1.82) is 5.26 Å². The summed E-state index contributed by atoms with van der Waals surface area (Å²) in [5.74, 6) is 0.419. The number of nitriles is 1. The van der Waals surface area contributed by atoms with Gasteiger partial charge in [-0.25, -0.2) is 0 Å². The van der Waals surface area contributed by atoms with Crippen LogP contribution in [0.25, 0.3) is 0 Å². The Morgan fingerprint density at radius 1 is 1.25 bits per heavy atom. The Balaban J connectivity index is 1.67. The molecule has 1 aromatic heterocycles. The van der Waals surface area contributed by atoms with Crippen molar-refractivity contribution in [2.75, 3.05) is 0 Å². The van der Waals surface area contributed by atoms with Gasteiger partial charge in [-0.3, -0.25) is 9.78 Å². The van der Waals surface area contributed by atoms with Crippen LogP contribution in [-0.2, 0) is 11.2 Å². The van der Waals surface area contributed by atoms with Crippen LogP contribution in [0.1, 0.15) is 62.2 Å². The van der Waals surface area contributed by atoms with Crippen molar-refractivity contribution < 1.29 is 14.3 Å². The number of ether oxygens (including phenoxy) is 1. The number of nitrogens with one attached hydrogen (secondary N) is 1. The second kappa shape index (κ2) is 9.30. The maximum Gasteiger partial charge on any atom is 0.253 e. The van der Waals surface area contributed by atoms with E-state index < -0.39 is 0 Å². The van der Waals surface area contributed by atoms with Crippen LogP contribution in [0.2, 0.25) is 5.02 Å². The van der Waals surface area contributed by atoms with Gasteiger partial charge in [-0.15, -0.1) is 0 Å². The first kappa shape index (κ1) is 23.7. The third-order valence-corrected chi connectivity index (χ3v) is 6.58. The topological polar surface area (TPSA) is 92.1 Å². The third kappa shape index (κ3) is 4.63. The zero-order chi connectivity index (χ0) is 23.5. The van der Waals surface area contributed by atoms with Crippen molar-refractivity contribution >= 4 is 23.8 Å². The highest BCUT2D eigenvalue weighted by Gasteiger charge is 2.64. The molecule has 7 heteroatoms. The number of unbranched alkanes of at least 4 members (excludes halogenated alkanes) is 1. The van der Waals surface area contributed by atoms with Gasteiger partial charge >= 0.3 is 0 Å². The lowest BCUT2D eigenvalue weighted by molar-refractivity contribution is -0.164. The maximum atomic E-state index is 12.9. The van der Waals surface area contributed by atoms with E-state index in [0.29, 0.717) is 34.7 Å². The number of benzene rings is 1. The first-order chi connectivity index (χ1) is 15.1. The Hall–Kier alpha value is -2.91. The lowest BCUT2D eigenvalue weighted by Crippen LogP contribution is -2.74. The number of nitrogens with zero attached hydrogens (tertiary/aromatic N) is 2. The van der Waals surface area contributed by atoms with Gasteiger partial charge in [0.1, 0.15) is 24.2 Å². The van der Waals surface area contributed by atoms with Crippen LogP contribution in [0.4, 0.5) is 0 Å². The first-order valence-corrected chi connectivity index (χ1v) is 11.0. The highest BCUT2D eigenvalue weighted by molar-refractivity contribution is 6.31. The number of hydrogen-bond donors (Lipinski definition) is 1. The summed E-state index contributed by atoms with van der Waals surface area (Å²) in [5.41, 5.74) is 1.10. The molecule has 1 aromatic carbocycles. The van der Waals surface area contributed by atoms with Gasteiger partial charge in [-0.2, -0.15) is 5.26 Å². The Morgan fingerprint density at radius 3 is 2.53 bits per heavy atom. The summed E-state index contributed by atoms with van der Waals surface area (Å²) in [6, 6.07) is 10.6. The average Bonchev–Trinajstić information content (AvgIpc) is 2.76. The molecule has 0 bridgehead atoms. The summed E-state index contributed by atoms with van der Waals surface area (Å²) < 4.78 is 6.26. The van der Waals surface area contributed by atoms with E-state index in [9.17, 15) is 9.59 Å². The molecule has 0 unspecified atom stereocenters. The van der Waals surface area contributed by atoms with E-state index in [2.05, 4.69) is 38.0 Å². The number of rotatable bonds is 8. The molecular formula is C25H28ClN3O3. The molecule has 1 saturated carbocycles. The normalized spacial score (nSPS) is 20.5. The molecule has 32 heavy (non-hydrogen) atoms. The van der Waals surface area contributed by atoms with Crippen molar-refractivity contribution in [2.45, 2.75) is 59.1 Å². The molecule has 0 radical (unpaired) electrons. The van der Waals surface area contributed by atoms with Gasteiger partial charge in [0.05, 0.1) is 16.1 Å². The molecule has 3 rings (SSSR count). The van der Waals surface area contributed by atoms with E-state index in [-0.39, 0.29) is 28.9 Å². The summed E-state index contributed by atoms with van der Waals surface area (Å²) in [6.45, 7) is 8.25. The molecule has 1 N–H and O–H groups in total. The molecule has 168 valence electrons. The number of hydrogen-bond acceptors (Lipinski definition) is 5. The van der Waals surface area contributed by atoms with Crippen LogP contribution in [0.5, 0.6) is 5.75 Å². The lowest BCUT2D eigenvalue weighted by Gasteiger charge is -2.63. The molecule has 2 aromatic rings.